The summed E-state index contributed by atoms with van der Waals surface area (Å²) in [4.78, 5) is 24.0. The van der Waals surface area contributed by atoms with Crippen molar-refractivity contribution < 1.29 is 23.3 Å². The third-order valence-corrected chi connectivity index (χ3v) is 5.47. The minimum Gasteiger partial charge on any atom is -0.465 e. The molecule has 1 aromatic rings. The number of nitrogens with zero attached hydrogens (tertiary/aromatic N) is 1. The molecule has 0 aliphatic rings. The quantitative estimate of drug-likeness (QED) is 0.724. The Hall–Kier alpha value is -1.89. The highest BCUT2D eigenvalue weighted by molar-refractivity contribution is 7.94. The molecule has 6 nitrogen and oxygen atoms in total. The zero-order chi connectivity index (χ0) is 19.3. The summed E-state index contributed by atoms with van der Waals surface area (Å²) in [5, 5.41) is 0. The first-order chi connectivity index (χ1) is 11.5. The molecule has 0 saturated heterocycles. The molecule has 1 rings (SSSR count). The number of hydrogen-bond donors (Lipinski definition) is 0. The van der Waals surface area contributed by atoms with Crippen LogP contribution in [-0.4, -0.2) is 34.7 Å². The lowest BCUT2D eigenvalue weighted by Gasteiger charge is -2.18. The van der Waals surface area contributed by atoms with E-state index in [9.17, 15) is 13.8 Å². The van der Waals surface area contributed by atoms with Crippen LogP contribution >= 0.6 is 0 Å². The number of rotatable bonds is 5. The van der Waals surface area contributed by atoms with Crippen molar-refractivity contribution in [3.63, 3.8) is 0 Å². The van der Waals surface area contributed by atoms with Gasteiger partial charge in [0.2, 0.25) is 0 Å². The molecule has 1 unspecified atom stereocenters. The van der Waals surface area contributed by atoms with Gasteiger partial charge in [0.1, 0.15) is 5.60 Å². The highest BCUT2D eigenvalue weighted by Crippen LogP contribution is 2.20. The summed E-state index contributed by atoms with van der Waals surface area (Å²) < 4.78 is 27.1. The summed E-state index contributed by atoms with van der Waals surface area (Å²) in [6.45, 7) is 9.19. The second kappa shape index (κ2) is 8.47. The topological polar surface area (TPSA) is 82.0 Å². The number of methoxy groups -OCH3 is 1. The van der Waals surface area contributed by atoms with Gasteiger partial charge in [-0.05, 0) is 57.4 Å². The first-order valence-corrected chi connectivity index (χ1v) is 9.81. The van der Waals surface area contributed by atoms with E-state index in [1.165, 1.54) is 19.2 Å². The van der Waals surface area contributed by atoms with Crippen molar-refractivity contribution in [2.45, 2.75) is 51.5 Å². The number of amides is 1. The lowest BCUT2D eigenvalue weighted by molar-refractivity contribution is 0.0593. The maximum absolute atomic E-state index is 13.4. The van der Waals surface area contributed by atoms with E-state index in [-0.39, 0.29) is 5.75 Å². The van der Waals surface area contributed by atoms with Crippen LogP contribution in [0.5, 0.6) is 0 Å². The Morgan fingerprint density at radius 3 is 2.16 bits per heavy atom. The third kappa shape index (κ3) is 6.86. The summed E-state index contributed by atoms with van der Waals surface area (Å²) in [5.74, 6) is 0.0647. The molecule has 1 atom stereocenters. The highest BCUT2D eigenvalue weighted by Gasteiger charge is 2.21. The van der Waals surface area contributed by atoms with Gasteiger partial charge in [-0.1, -0.05) is 13.8 Å². The standard InChI is InChI=1S/C18H27NO5S/c1-13(2)11-12-25(22,19-17(21)24-18(3,4)5)15-9-7-14(8-10-15)16(20)23-6/h7-10,13H,11-12H2,1-6H3. The van der Waals surface area contributed by atoms with Crippen molar-refractivity contribution >= 4 is 21.8 Å². The predicted octanol–water partition coefficient (Wildman–Crippen LogP) is 4.28. The van der Waals surface area contributed by atoms with Crippen molar-refractivity contribution in [3.8, 4) is 0 Å². The SMILES string of the molecule is COC(=O)c1ccc(S(=O)(CCC(C)C)=NC(=O)OC(C)(C)C)cc1. The second-order valence-corrected chi connectivity index (χ2v) is 9.46. The number of hydrogen-bond acceptors (Lipinski definition) is 5. The van der Waals surface area contributed by atoms with Crippen molar-refractivity contribution in [2.24, 2.45) is 10.3 Å². The first-order valence-electron chi connectivity index (χ1n) is 8.13. The van der Waals surface area contributed by atoms with E-state index in [2.05, 4.69) is 9.10 Å². The van der Waals surface area contributed by atoms with Crippen LogP contribution < -0.4 is 0 Å². The molecule has 0 spiro atoms. The lowest BCUT2D eigenvalue weighted by Crippen LogP contribution is -2.23. The van der Waals surface area contributed by atoms with E-state index in [4.69, 9.17) is 4.74 Å². The van der Waals surface area contributed by atoms with Crippen molar-refractivity contribution in [3.05, 3.63) is 29.8 Å². The molecule has 7 heteroatoms. The fraction of sp³-hybridized carbons (Fsp3) is 0.556. The fourth-order valence-corrected chi connectivity index (χ4v) is 4.00. The molecule has 0 aromatic heterocycles. The van der Waals surface area contributed by atoms with Gasteiger partial charge in [0.15, 0.2) is 0 Å². The Balaban J connectivity index is 3.25. The number of carbonyl (C=O) groups is 2. The number of carbonyl (C=O) groups excluding carboxylic acids is 2. The van der Waals surface area contributed by atoms with Gasteiger partial charge in [0.05, 0.1) is 22.4 Å². The van der Waals surface area contributed by atoms with Crippen LogP contribution in [0.2, 0.25) is 0 Å². The molecule has 25 heavy (non-hydrogen) atoms. The van der Waals surface area contributed by atoms with Gasteiger partial charge in [-0.25, -0.2) is 13.8 Å². The van der Waals surface area contributed by atoms with Gasteiger partial charge < -0.3 is 9.47 Å². The Morgan fingerprint density at radius 2 is 1.72 bits per heavy atom. The van der Waals surface area contributed by atoms with Crippen LogP contribution in [0.1, 0.15) is 51.4 Å². The van der Waals surface area contributed by atoms with Gasteiger partial charge in [-0.3, -0.25) is 0 Å². The number of ether oxygens (including phenoxy) is 2. The molecule has 0 heterocycles. The van der Waals surface area contributed by atoms with E-state index < -0.39 is 27.4 Å². The molecule has 140 valence electrons. The van der Waals surface area contributed by atoms with Gasteiger partial charge in [0, 0.05) is 10.6 Å². The molecule has 0 radical (unpaired) electrons. The predicted molar refractivity (Wildman–Crippen MR) is 97.2 cm³/mol. The van der Waals surface area contributed by atoms with Gasteiger partial charge in [-0.2, -0.15) is 0 Å². The average Bonchev–Trinajstić information content (AvgIpc) is 2.50. The first kappa shape index (κ1) is 21.2. The number of benzene rings is 1. The van der Waals surface area contributed by atoms with E-state index in [0.29, 0.717) is 22.8 Å². The molecule has 1 amide bonds. The minimum atomic E-state index is -2.99. The van der Waals surface area contributed by atoms with Crippen LogP contribution in [0.3, 0.4) is 0 Å². The average molecular weight is 369 g/mol. The molecule has 1 aromatic carbocycles. The van der Waals surface area contributed by atoms with E-state index in [1.54, 1.807) is 32.9 Å². The second-order valence-electron chi connectivity index (χ2n) is 7.11. The molecule has 0 bridgehead atoms. The zero-order valence-electron chi connectivity index (χ0n) is 15.7. The van der Waals surface area contributed by atoms with E-state index in [1.807, 2.05) is 13.8 Å². The summed E-state index contributed by atoms with van der Waals surface area (Å²) in [6.07, 6.45) is -0.206. The van der Waals surface area contributed by atoms with Gasteiger partial charge >= 0.3 is 12.1 Å². The van der Waals surface area contributed by atoms with Crippen molar-refractivity contribution in [2.75, 3.05) is 12.9 Å². The molecule has 0 saturated carbocycles. The smallest absolute Gasteiger partial charge is 0.442 e. The molecular weight excluding hydrogens is 342 g/mol. The van der Waals surface area contributed by atoms with Crippen LogP contribution in [0.25, 0.3) is 0 Å². The third-order valence-electron chi connectivity index (χ3n) is 3.23. The van der Waals surface area contributed by atoms with Gasteiger partial charge in [-0.15, -0.1) is 4.36 Å². The Kier molecular flexibility index (Phi) is 7.17. The summed E-state index contributed by atoms with van der Waals surface area (Å²) >= 11 is 0. The zero-order valence-corrected chi connectivity index (χ0v) is 16.5. The Morgan fingerprint density at radius 1 is 1.16 bits per heavy atom. The molecule has 0 N–H and O–H groups in total. The highest BCUT2D eigenvalue weighted by atomic mass is 32.2. The largest absolute Gasteiger partial charge is 0.465 e. The maximum Gasteiger partial charge on any atom is 0.442 e. The normalized spacial score (nSPS) is 13.9. The molecule has 0 aliphatic heterocycles. The van der Waals surface area contributed by atoms with Crippen molar-refractivity contribution in [1.82, 2.24) is 0 Å². The summed E-state index contributed by atoms with van der Waals surface area (Å²) in [5.41, 5.74) is -0.373. The van der Waals surface area contributed by atoms with E-state index >= 15 is 0 Å². The van der Waals surface area contributed by atoms with E-state index in [0.717, 1.165) is 0 Å². The van der Waals surface area contributed by atoms with Crippen LogP contribution in [0.15, 0.2) is 33.5 Å². The Labute approximate surface area is 150 Å². The van der Waals surface area contributed by atoms with Crippen molar-refractivity contribution in [1.29, 1.82) is 0 Å². The monoisotopic (exact) mass is 369 g/mol. The van der Waals surface area contributed by atoms with Crippen LogP contribution in [0, 0.1) is 5.92 Å². The summed E-state index contributed by atoms with van der Waals surface area (Å²) in [6, 6.07) is 6.12. The lowest BCUT2D eigenvalue weighted by atomic mass is 10.2. The minimum absolute atomic E-state index is 0.238. The molecule has 0 fully saturated rings. The summed E-state index contributed by atoms with van der Waals surface area (Å²) in [7, 11) is -1.69. The van der Waals surface area contributed by atoms with Crippen LogP contribution in [-0.2, 0) is 19.2 Å². The van der Waals surface area contributed by atoms with Crippen LogP contribution in [0.4, 0.5) is 4.79 Å². The maximum atomic E-state index is 13.4. The molecule has 0 aliphatic carbocycles. The Bertz CT molecular complexity index is 723. The van der Waals surface area contributed by atoms with Gasteiger partial charge in [0.25, 0.3) is 0 Å². The number of esters is 1. The fourth-order valence-electron chi connectivity index (χ4n) is 1.93. The molecular formula is C18H27NO5S.